The van der Waals surface area contributed by atoms with Gasteiger partial charge in [-0.2, -0.15) is 0 Å². The molecule has 0 aromatic heterocycles. The minimum atomic E-state index is 0.128. The van der Waals surface area contributed by atoms with Crippen molar-refractivity contribution in [1.29, 1.82) is 0 Å². The molecule has 0 aliphatic carbocycles. The van der Waals surface area contributed by atoms with Crippen LogP contribution in [0.15, 0.2) is 24.3 Å². The van der Waals surface area contributed by atoms with Crippen LogP contribution in [0.1, 0.15) is 36.8 Å². The molecule has 1 aliphatic rings. The van der Waals surface area contributed by atoms with Crippen molar-refractivity contribution >= 4 is 0 Å². The van der Waals surface area contributed by atoms with Crippen molar-refractivity contribution in [1.82, 2.24) is 10.2 Å². The van der Waals surface area contributed by atoms with Gasteiger partial charge in [0.15, 0.2) is 0 Å². The van der Waals surface area contributed by atoms with E-state index in [1.807, 2.05) is 12.1 Å². The Labute approximate surface area is 116 Å². The highest BCUT2D eigenvalue weighted by molar-refractivity contribution is 5.21. The van der Waals surface area contributed by atoms with Gasteiger partial charge in [0.1, 0.15) is 0 Å². The van der Waals surface area contributed by atoms with Crippen molar-refractivity contribution in [3.05, 3.63) is 35.4 Å². The Morgan fingerprint density at radius 1 is 1.21 bits per heavy atom. The number of rotatable bonds is 6. The summed E-state index contributed by atoms with van der Waals surface area (Å²) in [7, 11) is 2.18. The lowest BCUT2D eigenvalue weighted by molar-refractivity contribution is 0.279. The second-order valence-corrected chi connectivity index (χ2v) is 5.65. The molecule has 0 saturated carbocycles. The first-order valence-corrected chi connectivity index (χ1v) is 7.38. The summed E-state index contributed by atoms with van der Waals surface area (Å²) in [6, 6.07) is 8.95. The van der Waals surface area contributed by atoms with E-state index in [9.17, 15) is 0 Å². The molecule has 0 spiro atoms. The number of benzene rings is 1. The predicted molar refractivity (Wildman–Crippen MR) is 79.0 cm³/mol. The van der Waals surface area contributed by atoms with Crippen molar-refractivity contribution in [2.24, 2.45) is 0 Å². The maximum Gasteiger partial charge on any atom is 0.0681 e. The van der Waals surface area contributed by atoms with Gasteiger partial charge in [0, 0.05) is 12.6 Å². The van der Waals surface area contributed by atoms with Crippen LogP contribution in [0.5, 0.6) is 0 Å². The third-order valence-corrected chi connectivity index (χ3v) is 3.93. The van der Waals surface area contributed by atoms with E-state index in [1.54, 1.807) is 0 Å². The van der Waals surface area contributed by atoms with E-state index < -0.39 is 0 Å². The fourth-order valence-corrected chi connectivity index (χ4v) is 2.69. The van der Waals surface area contributed by atoms with Crippen LogP contribution in [0.4, 0.5) is 0 Å². The van der Waals surface area contributed by atoms with Gasteiger partial charge >= 0.3 is 0 Å². The largest absolute Gasteiger partial charge is 0.392 e. The van der Waals surface area contributed by atoms with Crippen LogP contribution in [0, 0.1) is 0 Å². The zero-order valence-corrected chi connectivity index (χ0v) is 11.9. The van der Waals surface area contributed by atoms with Gasteiger partial charge < -0.3 is 15.3 Å². The predicted octanol–water partition coefficient (Wildman–Crippen LogP) is 2.14. The van der Waals surface area contributed by atoms with E-state index in [4.69, 9.17) is 5.11 Å². The summed E-state index contributed by atoms with van der Waals surface area (Å²) in [5, 5.41) is 12.6. The summed E-state index contributed by atoms with van der Waals surface area (Å²) in [6.45, 7) is 3.44. The number of nitrogens with zero attached hydrogens (tertiary/aromatic N) is 1. The molecular weight excluding hydrogens is 236 g/mol. The lowest BCUT2D eigenvalue weighted by Crippen LogP contribution is -2.36. The molecule has 1 aromatic carbocycles. The van der Waals surface area contributed by atoms with Gasteiger partial charge in [-0.25, -0.2) is 0 Å². The van der Waals surface area contributed by atoms with Gasteiger partial charge in [-0.15, -0.1) is 0 Å². The zero-order chi connectivity index (χ0) is 13.5. The van der Waals surface area contributed by atoms with E-state index in [0.29, 0.717) is 6.04 Å². The summed E-state index contributed by atoms with van der Waals surface area (Å²) >= 11 is 0. The van der Waals surface area contributed by atoms with Crippen LogP contribution in [0.25, 0.3) is 0 Å². The first-order chi connectivity index (χ1) is 9.28. The van der Waals surface area contributed by atoms with Gasteiger partial charge in [0.2, 0.25) is 0 Å². The summed E-state index contributed by atoms with van der Waals surface area (Å²) < 4.78 is 0. The summed E-state index contributed by atoms with van der Waals surface area (Å²) in [5.41, 5.74) is 2.30. The smallest absolute Gasteiger partial charge is 0.0681 e. The summed E-state index contributed by atoms with van der Waals surface area (Å²) in [5.74, 6) is 0. The molecule has 1 unspecified atom stereocenters. The Morgan fingerprint density at radius 2 is 1.95 bits per heavy atom. The normalized spacial score (nSPS) is 19.8. The van der Waals surface area contributed by atoms with Crippen molar-refractivity contribution in [2.75, 3.05) is 20.1 Å². The molecule has 1 heterocycles. The van der Waals surface area contributed by atoms with Gasteiger partial charge in [-0.3, -0.25) is 0 Å². The highest BCUT2D eigenvalue weighted by atomic mass is 16.3. The molecule has 1 atom stereocenters. The van der Waals surface area contributed by atoms with Crippen LogP contribution in [0.2, 0.25) is 0 Å². The van der Waals surface area contributed by atoms with Crippen molar-refractivity contribution in [2.45, 2.75) is 44.9 Å². The fraction of sp³-hybridized carbons (Fsp3) is 0.625. The molecule has 3 nitrogen and oxygen atoms in total. The minimum Gasteiger partial charge on any atom is -0.392 e. The number of piperidine rings is 1. The maximum absolute atomic E-state index is 9.02. The molecule has 0 bridgehead atoms. The number of nitrogens with one attached hydrogen (secondary N) is 1. The number of aliphatic hydroxyl groups is 1. The Kier molecular flexibility index (Phi) is 5.83. The van der Waals surface area contributed by atoms with E-state index in [-0.39, 0.29) is 6.61 Å². The topological polar surface area (TPSA) is 35.5 Å². The SMILES string of the molecule is CN(CCC1CCCCN1)Cc1ccc(CO)cc1. The Hall–Kier alpha value is -0.900. The van der Waals surface area contributed by atoms with E-state index in [2.05, 4.69) is 29.4 Å². The minimum absolute atomic E-state index is 0.128. The highest BCUT2D eigenvalue weighted by Crippen LogP contribution is 2.12. The molecule has 3 heteroatoms. The summed E-state index contributed by atoms with van der Waals surface area (Å²) in [4.78, 5) is 2.38. The average molecular weight is 262 g/mol. The van der Waals surface area contributed by atoms with Crippen LogP contribution in [0.3, 0.4) is 0 Å². The molecule has 2 rings (SSSR count). The van der Waals surface area contributed by atoms with Crippen LogP contribution in [-0.4, -0.2) is 36.2 Å². The lowest BCUT2D eigenvalue weighted by Gasteiger charge is -2.26. The molecule has 106 valence electrons. The van der Waals surface area contributed by atoms with E-state index in [0.717, 1.165) is 18.7 Å². The van der Waals surface area contributed by atoms with Crippen LogP contribution >= 0.6 is 0 Å². The van der Waals surface area contributed by atoms with Gasteiger partial charge in [0.05, 0.1) is 6.61 Å². The molecule has 19 heavy (non-hydrogen) atoms. The van der Waals surface area contributed by atoms with Crippen molar-refractivity contribution < 1.29 is 5.11 Å². The molecule has 0 radical (unpaired) electrons. The lowest BCUT2D eigenvalue weighted by atomic mass is 10.0. The molecule has 1 aromatic rings. The van der Waals surface area contributed by atoms with Crippen molar-refractivity contribution in [3.8, 4) is 0 Å². The summed E-state index contributed by atoms with van der Waals surface area (Å²) in [6.07, 6.45) is 5.29. The van der Waals surface area contributed by atoms with E-state index >= 15 is 0 Å². The molecule has 1 saturated heterocycles. The van der Waals surface area contributed by atoms with Gasteiger partial charge in [-0.1, -0.05) is 30.7 Å². The molecule has 0 amide bonds. The van der Waals surface area contributed by atoms with Crippen LogP contribution < -0.4 is 5.32 Å². The first-order valence-electron chi connectivity index (χ1n) is 7.38. The Bertz CT molecular complexity index is 358. The third kappa shape index (κ3) is 4.94. The second-order valence-electron chi connectivity index (χ2n) is 5.65. The molecular formula is C16H26N2O. The Morgan fingerprint density at radius 3 is 2.58 bits per heavy atom. The third-order valence-electron chi connectivity index (χ3n) is 3.93. The molecule has 1 aliphatic heterocycles. The quantitative estimate of drug-likeness (QED) is 0.824. The number of hydrogen-bond donors (Lipinski definition) is 2. The Balaban J connectivity index is 1.71. The average Bonchev–Trinajstić information content (AvgIpc) is 2.47. The van der Waals surface area contributed by atoms with Gasteiger partial charge in [-0.05, 0) is 50.5 Å². The zero-order valence-electron chi connectivity index (χ0n) is 11.9. The highest BCUT2D eigenvalue weighted by Gasteiger charge is 2.12. The van der Waals surface area contributed by atoms with Crippen molar-refractivity contribution in [3.63, 3.8) is 0 Å². The second kappa shape index (κ2) is 7.63. The number of hydrogen-bond acceptors (Lipinski definition) is 3. The van der Waals surface area contributed by atoms with Crippen LogP contribution in [-0.2, 0) is 13.2 Å². The monoisotopic (exact) mass is 262 g/mol. The molecule has 2 N–H and O–H groups in total. The molecule has 1 fully saturated rings. The maximum atomic E-state index is 9.02. The fourth-order valence-electron chi connectivity index (χ4n) is 2.69. The first kappa shape index (κ1) is 14.5. The number of aliphatic hydroxyl groups excluding tert-OH is 1. The van der Waals surface area contributed by atoms with Gasteiger partial charge in [0.25, 0.3) is 0 Å². The standard InChI is InChI=1S/C16H26N2O/c1-18(11-9-16-4-2-3-10-17-16)12-14-5-7-15(13-19)8-6-14/h5-8,16-17,19H,2-4,9-13H2,1H3. The van der Waals surface area contributed by atoms with E-state index in [1.165, 1.54) is 37.8 Å².